The van der Waals surface area contributed by atoms with Crippen molar-refractivity contribution in [1.29, 1.82) is 0 Å². The van der Waals surface area contributed by atoms with E-state index in [-0.39, 0.29) is 6.61 Å². The first-order valence-electron chi connectivity index (χ1n) is 4.70. The van der Waals surface area contributed by atoms with Crippen molar-refractivity contribution in [3.63, 3.8) is 0 Å². The fourth-order valence-corrected chi connectivity index (χ4v) is 1.18. The quantitative estimate of drug-likeness (QED) is 0.385. The summed E-state index contributed by atoms with van der Waals surface area (Å²) in [5.41, 5.74) is 0. The minimum Gasteiger partial charge on any atom is -0.396 e. The molecule has 6 nitrogen and oxygen atoms in total. The Bertz CT molecular complexity index is 161. The summed E-state index contributed by atoms with van der Waals surface area (Å²) in [5, 5.41) is 37.4. The maximum absolute atomic E-state index is 9.55. The average molecular weight is 224 g/mol. The van der Waals surface area contributed by atoms with E-state index in [1.807, 2.05) is 0 Å². The predicted octanol–water partition coefficient (Wildman–Crippen LogP) is -1.68. The normalized spacial score (nSPS) is 20.0. The Morgan fingerprint density at radius 3 is 1.73 bits per heavy atom. The van der Waals surface area contributed by atoms with Crippen molar-refractivity contribution in [2.75, 3.05) is 20.8 Å². The Kier molecular flexibility index (Phi) is 6.99. The first-order valence-corrected chi connectivity index (χ1v) is 4.70. The molecule has 0 aliphatic heterocycles. The summed E-state index contributed by atoms with van der Waals surface area (Å²) in [4.78, 5) is 0. The zero-order chi connectivity index (χ0) is 12.0. The first-order chi connectivity index (χ1) is 6.99. The number of methoxy groups -OCH3 is 2. The highest BCUT2D eigenvalue weighted by atomic mass is 16.7. The van der Waals surface area contributed by atoms with Gasteiger partial charge in [-0.25, -0.2) is 0 Å². The lowest BCUT2D eigenvalue weighted by Crippen LogP contribution is -2.48. The molecule has 15 heavy (non-hydrogen) atoms. The molecule has 0 heterocycles. The van der Waals surface area contributed by atoms with Crippen molar-refractivity contribution in [2.24, 2.45) is 5.92 Å². The van der Waals surface area contributed by atoms with Gasteiger partial charge in [0.15, 0.2) is 6.29 Å². The fraction of sp³-hybridized carbons (Fsp3) is 1.00. The molecule has 0 fully saturated rings. The topological polar surface area (TPSA) is 99.4 Å². The van der Waals surface area contributed by atoms with Gasteiger partial charge in [0.25, 0.3) is 0 Å². The second-order valence-corrected chi connectivity index (χ2v) is 3.47. The van der Waals surface area contributed by atoms with Crippen LogP contribution in [0.15, 0.2) is 0 Å². The molecule has 92 valence electrons. The molecule has 0 amide bonds. The molecule has 0 aromatic heterocycles. The van der Waals surface area contributed by atoms with Gasteiger partial charge in [-0.2, -0.15) is 0 Å². The van der Waals surface area contributed by atoms with Gasteiger partial charge in [-0.1, -0.05) is 6.92 Å². The number of ether oxygens (including phenoxy) is 2. The number of aliphatic hydroxyl groups excluding tert-OH is 4. The molecular formula is C9H20O6. The third-order valence-corrected chi connectivity index (χ3v) is 2.31. The van der Waals surface area contributed by atoms with Crippen molar-refractivity contribution in [2.45, 2.75) is 31.5 Å². The van der Waals surface area contributed by atoms with Crippen LogP contribution in [0, 0.1) is 5.92 Å². The van der Waals surface area contributed by atoms with Crippen LogP contribution in [-0.2, 0) is 9.47 Å². The maximum Gasteiger partial charge on any atom is 0.185 e. The standard InChI is InChI=1S/C9H20O6/c1-5(4-10)6(11)7(12)8(13)9(14-2)15-3/h5-13H,4H2,1-3H3. The lowest BCUT2D eigenvalue weighted by molar-refractivity contribution is -0.208. The van der Waals surface area contributed by atoms with E-state index < -0.39 is 30.5 Å². The maximum atomic E-state index is 9.55. The Hall–Kier alpha value is -0.240. The molecule has 0 radical (unpaired) electrons. The summed E-state index contributed by atoms with van der Waals surface area (Å²) < 4.78 is 9.48. The van der Waals surface area contributed by atoms with Crippen LogP contribution in [0.5, 0.6) is 0 Å². The van der Waals surface area contributed by atoms with Crippen molar-refractivity contribution in [3.05, 3.63) is 0 Å². The SMILES string of the molecule is COC(OC)C(O)C(O)C(O)C(C)CO. The smallest absolute Gasteiger partial charge is 0.185 e. The molecule has 0 spiro atoms. The third-order valence-electron chi connectivity index (χ3n) is 2.31. The van der Waals surface area contributed by atoms with Crippen molar-refractivity contribution >= 4 is 0 Å². The molecule has 4 N–H and O–H groups in total. The highest BCUT2D eigenvalue weighted by molar-refractivity contribution is 4.80. The molecule has 4 atom stereocenters. The Balaban J connectivity index is 4.34. The fourth-order valence-electron chi connectivity index (χ4n) is 1.18. The monoisotopic (exact) mass is 224 g/mol. The van der Waals surface area contributed by atoms with Gasteiger partial charge < -0.3 is 29.9 Å². The number of hydrogen-bond donors (Lipinski definition) is 4. The Morgan fingerprint density at radius 2 is 1.40 bits per heavy atom. The molecule has 0 saturated heterocycles. The van der Waals surface area contributed by atoms with Gasteiger partial charge >= 0.3 is 0 Å². The second kappa shape index (κ2) is 7.10. The largest absolute Gasteiger partial charge is 0.396 e. The van der Waals surface area contributed by atoms with Gasteiger partial charge in [0.1, 0.15) is 12.2 Å². The molecular weight excluding hydrogens is 204 g/mol. The summed E-state index contributed by atoms with van der Waals surface area (Å²) in [6.07, 6.45) is -5.06. The molecule has 0 saturated carbocycles. The Morgan fingerprint density at radius 1 is 0.933 bits per heavy atom. The van der Waals surface area contributed by atoms with E-state index in [0.717, 1.165) is 0 Å². The van der Waals surface area contributed by atoms with E-state index in [4.69, 9.17) is 14.6 Å². The molecule has 6 heteroatoms. The molecule has 0 bridgehead atoms. The van der Waals surface area contributed by atoms with Crippen LogP contribution in [0.2, 0.25) is 0 Å². The van der Waals surface area contributed by atoms with E-state index >= 15 is 0 Å². The van der Waals surface area contributed by atoms with Crippen LogP contribution >= 0.6 is 0 Å². The minimum absolute atomic E-state index is 0.282. The van der Waals surface area contributed by atoms with Gasteiger partial charge in [0.05, 0.1) is 6.10 Å². The molecule has 0 aromatic rings. The molecule has 4 unspecified atom stereocenters. The first kappa shape index (κ1) is 14.8. The van der Waals surface area contributed by atoms with E-state index in [9.17, 15) is 15.3 Å². The summed E-state index contributed by atoms with van der Waals surface area (Å²) in [5.74, 6) is -0.538. The van der Waals surface area contributed by atoms with E-state index in [1.165, 1.54) is 14.2 Å². The van der Waals surface area contributed by atoms with E-state index in [2.05, 4.69) is 0 Å². The summed E-state index contributed by atoms with van der Waals surface area (Å²) in [6, 6.07) is 0. The minimum atomic E-state index is -1.43. The van der Waals surface area contributed by atoms with Crippen LogP contribution in [0.1, 0.15) is 6.92 Å². The van der Waals surface area contributed by atoms with Crippen molar-refractivity contribution in [1.82, 2.24) is 0 Å². The van der Waals surface area contributed by atoms with Gasteiger partial charge in [-0.3, -0.25) is 0 Å². The van der Waals surface area contributed by atoms with Crippen LogP contribution in [0.3, 0.4) is 0 Å². The van der Waals surface area contributed by atoms with Crippen molar-refractivity contribution in [3.8, 4) is 0 Å². The zero-order valence-electron chi connectivity index (χ0n) is 9.20. The van der Waals surface area contributed by atoms with E-state index in [0.29, 0.717) is 0 Å². The van der Waals surface area contributed by atoms with Crippen LogP contribution in [0.4, 0.5) is 0 Å². The highest BCUT2D eigenvalue weighted by Gasteiger charge is 2.33. The Labute approximate surface area is 89.1 Å². The van der Waals surface area contributed by atoms with Gasteiger partial charge in [0.2, 0.25) is 0 Å². The van der Waals surface area contributed by atoms with Crippen molar-refractivity contribution < 1.29 is 29.9 Å². The third kappa shape index (κ3) is 4.02. The summed E-state index contributed by atoms with van der Waals surface area (Å²) in [7, 11) is 2.62. The lowest BCUT2D eigenvalue weighted by Gasteiger charge is -2.29. The van der Waals surface area contributed by atoms with Crippen LogP contribution in [0.25, 0.3) is 0 Å². The lowest BCUT2D eigenvalue weighted by atomic mass is 9.97. The van der Waals surface area contributed by atoms with E-state index in [1.54, 1.807) is 6.92 Å². The molecule has 0 aliphatic carbocycles. The number of rotatable bonds is 7. The van der Waals surface area contributed by atoms with Crippen LogP contribution in [-0.4, -0.2) is 65.9 Å². The molecule has 0 rings (SSSR count). The summed E-state index contributed by atoms with van der Waals surface area (Å²) in [6.45, 7) is 1.27. The van der Waals surface area contributed by atoms with Gasteiger partial charge in [0, 0.05) is 26.7 Å². The van der Waals surface area contributed by atoms with Gasteiger partial charge in [-0.05, 0) is 0 Å². The second-order valence-electron chi connectivity index (χ2n) is 3.47. The predicted molar refractivity (Wildman–Crippen MR) is 52.1 cm³/mol. The molecule has 0 aromatic carbocycles. The number of hydrogen-bond acceptors (Lipinski definition) is 6. The van der Waals surface area contributed by atoms with Gasteiger partial charge in [-0.15, -0.1) is 0 Å². The highest BCUT2D eigenvalue weighted by Crippen LogP contribution is 2.13. The molecule has 0 aliphatic rings. The number of aliphatic hydroxyl groups is 4. The average Bonchev–Trinajstić information content (AvgIpc) is 2.27. The summed E-state index contributed by atoms with van der Waals surface area (Å²) >= 11 is 0. The van der Waals surface area contributed by atoms with Crippen LogP contribution < -0.4 is 0 Å². The zero-order valence-corrected chi connectivity index (χ0v) is 9.20.